The molecule has 0 radical (unpaired) electrons. The fraction of sp³-hybridized carbons (Fsp3) is 0.286. The number of fused-ring (bicyclic) bond motifs is 1. The first-order valence-corrected chi connectivity index (χ1v) is 9.58. The lowest BCUT2D eigenvalue weighted by molar-refractivity contribution is 0.174. The van der Waals surface area contributed by atoms with Gasteiger partial charge in [0, 0.05) is 44.5 Å². The number of piperazine rings is 1. The van der Waals surface area contributed by atoms with Gasteiger partial charge in [0.1, 0.15) is 0 Å². The zero-order valence-corrected chi connectivity index (χ0v) is 16.0. The number of anilines is 1. The Kier molecular flexibility index (Phi) is 5.55. The number of hydrogen-bond donors (Lipinski definition) is 1. The van der Waals surface area contributed by atoms with E-state index in [1.807, 2.05) is 24.3 Å². The Balaban J connectivity index is 1.24. The summed E-state index contributed by atoms with van der Waals surface area (Å²) in [5.74, 6) is 1.54. The quantitative estimate of drug-likeness (QED) is 0.818. The fourth-order valence-electron chi connectivity index (χ4n) is 3.21. The molecule has 2 aromatic rings. The van der Waals surface area contributed by atoms with Crippen molar-refractivity contribution in [3.8, 4) is 11.5 Å². The number of nitrogens with zero attached hydrogens (tertiary/aromatic N) is 2. The van der Waals surface area contributed by atoms with Crippen LogP contribution in [0.1, 0.15) is 5.56 Å². The van der Waals surface area contributed by atoms with Crippen molar-refractivity contribution in [3.63, 3.8) is 0 Å². The van der Waals surface area contributed by atoms with Gasteiger partial charge in [-0.2, -0.15) is 0 Å². The van der Waals surface area contributed by atoms with Crippen molar-refractivity contribution in [2.45, 2.75) is 0 Å². The minimum atomic E-state index is 0.282. The number of ether oxygens (including phenoxy) is 2. The van der Waals surface area contributed by atoms with Gasteiger partial charge in [0.25, 0.3) is 0 Å². The van der Waals surface area contributed by atoms with Crippen LogP contribution in [0.2, 0.25) is 0 Å². The van der Waals surface area contributed by atoms with E-state index in [9.17, 15) is 0 Å². The highest BCUT2D eigenvalue weighted by atomic mass is 32.1. The Hall–Kier alpha value is -2.57. The molecule has 140 valence electrons. The Bertz CT molecular complexity index is 817. The first-order chi connectivity index (χ1) is 13.3. The maximum atomic E-state index is 5.58. The molecule has 4 rings (SSSR count). The molecule has 2 aliphatic rings. The van der Waals surface area contributed by atoms with Crippen molar-refractivity contribution in [2.75, 3.05) is 44.8 Å². The van der Waals surface area contributed by atoms with E-state index in [2.05, 4.69) is 51.5 Å². The summed E-state index contributed by atoms with van der Waals surface area (Å²) in [6.45, 7) is 5.10. The van der Waals surface area contributed by atoms with Crippen LogP contribution in [0.4, 0.5) is 5.69 Å². The van der Waals surface area contributed by atoms with Crippen molar-refractivity contribution in [1.82, 2.24) is 9.80 Å². The van der Waals surface area contributed by atoms with Gasteiger partial charge in [0.05, 0.1) is 0 Å². The molecule has 5 nitrogen and oxygen atoms in total. The highest BCUT2D eigenvalue weighted by molar-refractivity contribution is 7.80. The summed E-state index contributed by atoms with van der Waals surface area (Å²) in [5, 5.41) is 4.07. The van der Waals surface area contributed by atoms with Crippen LogP contribution < -0.4 is 14.8 Å². The molecule has 1 saturated heterocycles. The van der Waals surface area contributed by atoms with E-state index in [0.29, 0.717) is 0 Å². The summed E-state index contributed by atoms with van der Waals surface area (Å²) in [6, 6.07) is 16.2. The Morgan fingerprint density at radius 1 is 1.00 bits per heavy atom. The van der Waals surface area contributed by atoms with Gasteiger partial charge in [0.15, 0.2) is 16.6 Å². The third kappa shape index (κ3) is 4.59. The van der Waals surface area contributed by atoms with Crippen LogP contribution in [0.5, 0.6) is 11.5 Å². The number of thiocarbonyl (C=S) groups is 1. The summed E-state index contributed by atoms with van der Waals surface area (Å²) >= 11 is 5.58. The van der Waals surface area contributed by atoms with Gasteiger partial charge in [0.2, 0.25) is 6.79 Å². The number of rotatable bonds is 4. The van der Waals surface area contributed by atoms with E-state index >= 15 is 0 Å². The topological polar surface area (TPSA) is 37.0 Å². The van der Waals surface area contributed by atoms with E-state index in [1.54, 1.807) is 0 Å². The second-order valence-electron chi connectivity index (χ2n) is 6.60. The van der Waals surface area contributed by atoms with E-state index in [0.717, 1.165) is 55.0 Å². The van der Waals surface area contributed by atoms with Gasteiger partial charge in [-0.3, -0.25) is 4.90 Å². The van der Waals surface area contributed by atoms with Crippen LogP contribution in [0.25, 0.3) is 6.08 Å². The number of hydrogen-bond acceptors (Lipinski definition) is 4. The lowest BCUT2D eigenvalue weighted by Gasteiger charge is -2.35. The molecule has 0 aromatic heterocycles. The minimum Gasteiger partial charge on any atom is -0.454 e. The van der Waals surface area contributed by atoms with Gasteiger partial charge in [-0.15, -0.1) is 0 Å². The third-order valence-corrected chi connectivity index (χ3v) is 5.12. The maximum absolute atomic E-state index is 5.58. The van der Waals surface area contributed by atoms with Gasteiger partial charge < -0.3 is 19.7 Å². The largest absolute Gasteiger partial charge is 0.454 e. The van der Waals surface area contributed by atoms with Crippen molar-refractivity contribution in [3.05, 3.63) is 60.2 Å². The Morgan fingerprint density at radius 2 is 1.78 bits per heavy atom. The Morgan fingerprint density at radius 3 is 2.59 bits per heavy atom. The van der Waals surface area contributed by atoms with E-state index in [4.69, 9.17) is 21.7 Å². The van der Waals surface area contributed by atoms with Crippen LogP contribution in [-0.2, 0) is 0 Å². The van der Waals surface area contributed by atoms with Gasteiger partial charge in [-0.05, 0) is 29.9 Å². The van der Waals surface area contributed by atoms with Crippen LogP contribution >= 0.6 is 12.2 Å². The zero-order valence-electron chi connectivity index (χ0n) is 15.1. The first kappa shape index (κ1) is 17.8. The molecule has 0 amide bonds. The molecule has 0 aliphatic carbocycles. The molecule has 27 heavy (non-hydrogen) atoms. The van der Waals surface area contributed by atoms with Gasteiger partial charge >= 0.3 is 0 Å². The maximum Gasteiger partial charge on any atom is 0.231 e. The normalized spacial score (nSPS) is 16.7. The smallest absolute Gasteiger partial charge is 0.231 e. The highest BCUT2D eigenvalue weighted by Gasteiger charge is 2.19. The number of nitrogens with one attached hydrogen (secondary N) is 1. The molecular weight excluding hydrogens is 358 g/mol. The zero-order chi connectivity index (χ0) is 18.5. The minimum absolute atomic E-state index is 0.282. The first-order valence-electron chi connectivity index (χ1n) is 9.17. The summed E-state index contributed by atoms with van der Waals surface area (Å²) < 4.78 is 10.8. The summed E-state index contributed by atoms with van der Waals surface area (Å²) in [5.41, 5.74) is 2.17. The van der Waals surface area contributed by atoms with Crippen molar-refractivity contribution in [1.29, 1.82) is 0 Å². The molecule has 1 fully saturated rings. The van der Waals surface area contributed by atoms with E-state index in [1.165, 1.54) is 5.56 Å². The predicted octanol–water partition coefficient (Wildman–Crippen LogP) is 3.44. The molecule has 2 heterocycles. The van der Waals surface area contributed by atoms with Crippen molar-refractivity contribution < 1.29 is 9.47 Å². The molecule has 6 heteroatoms. The van der Waals surface area contributed by atoms with Gasteiger partial charge in [-0.25, -0.2) is 0 Å². The SMILES string of the molecule is S=C(Nc1ccc2c(c1)OCO2)N1CCN(CC=Cc2ccccc2)CC1. The average molecular weight is 382 g/mol. The number of benzene rings is 2. The standard InChI is InChI=1S/C21H23N3O2S/c27-21(22-18-8-9-19-20(15-18)26-16-25-19)24-13-11-23(12-14-24)10-4-7-17-5-2-1-3-6-17/h1-9,15H,10-14,16H2,(H,22,27). The Labute approximate surface area is 165 Å². The monoisotopic (exact) mass is 381 g/mol. The fourth-order valence-corrected chi connectivity index (χ4v) is 3.51. The molecular formula is C21H23N3O2S. The highest BCUT2D eigenvalue weighted by Crippen LogP contribution is 2.34. The second-order valence-corrected chi connectivity index (χ2v) is 6.99. The molecule has 0 bridgehead atoms. The third-order valence-electron chi connectivity index (χ3n) is 4.76. The van der Waals surface area contributed by atoms with Crippen molar-refractivity contribution in [2.24, 2.45) is 0 Å². The lowest BCUT2D eigenvalue weighted by Crippen LogP contribution is -2.49. The molecule has 0 saturated carbocycles. The summed E-state index contributed by atoms with van der Waals surface area (Å²) in [7, 11) is 0. The van der Waals surface area contributed by atoms with Crippen LogP contribution in [0.15, 0.2) is 54.6 Å². The molecule has 0 unspecified atom stereocenters. The van der Waals surface area contributed by atoms with E-state index < -0.39 is 0 Å². The van der Waals surface area contributed by atoms with Crippen molar-refractivity contribution >= 4 is 29.1 Å². The molecule has 0 atom stereocenters. The summed E-state index contributed by atoms with van der Waals surface area (Å²) in [4.78, 5) is 4.66. The van der Waals surface area contributed by atoms with Gasteiger partial charge in [-0.1, -0.05) is 42.5 Å². The predicted molar refractivity (Wildman–Crippen MR) is 112 cm³/mol. The summed E-state index contributed by atoms with van der Waals surface area (Å²) in [6.07, 6.45) is 4.41. The lowest BCUT2D eigenvalue weighted by atomic mass is 10.2. The van der Waals surface area contributed by atoms with Crippen LogP contribution in [-0.4, -0.2) is 54.4 Å². The molecule has 2 aromatic carbocycles. The van der Waals surface area contributed by atoms with Crippen LogP contribution in [0.3, 0.4) is 0 Å². The molecule has 2 aliphatic heterocycles. The molecule has 0 spiro atoms. The second kappa shape index (κ2) is 8.41. The molecule has 1 N–H and O–H groups in total. The van der Waals surface area contributed by atoms with Crippen LogP contribution in [0, 0.1) is 0 Å². The average Bonchev–Trinajstić information content (AvgIpc) is 3.17. The van der Waals surface area contributed by atoms with E-state index in [-0.39, 0.29) is 6.79 Å².